The molecule has 0 saturated carbocycles. The summed E-state index contributed by atoms with van der Waals surface area (Å²) >= 11 is 0. The number of hydrogen-bond acceptors (Lipinski definition) is 3. The topological polar surface area (TPSA) is 57.6 Å². The maximum Gasteiger partial charge on any atom is 0.243 e. The number of aliphatic hydroxyl groups excluding tert-OH is 1. The molecule has 1 aliphatic heterocycles. The average molecular weight is 315 g/mol. The van der Waals surface area contributed by atoms with E-state index in [2.05, 4.69) is 0 Å². The lowest BCUT2D eigenvalue weighted by atomic mass is 9.98. The van der Waals surface area contributed by atoms with Crippen LogP contribution in [0.1, 0.15) is 38.2 Å². The van der Waals surface area contributed by atoms with Gasteiger partial charge < -0.3 is 5.11 Å². The molecule has 2 unspecified atom stereocenters. The van der Waals surface area contributed by atoms with E-state index in [1.54, 1.807) is 6.92 Å². The van der Waals surface area contributed by atoms with Crippen LogP contribution in [-0.2, 0) is 10.0 Å². The predicted molar refractivity (Wildman–Crippen MR) is 79.0 cm³/mol. The van der Waals surface area contributed by atoms with E-state index < -0.39 is 28.0 Å². The Bertz CT molecular complexity index is 603. The lowest BCUT2D eigenvalue weighted by Crippen LogP contribution is -2.49. The highest BCUT2D eigenvalue weighted by Crippen LogP contribution is 2.29. The van der Waals surface area contributed by atoms with Crippen molar-refractivity contribution in [1.29, 1.82) is 0 Å². The lowest BCUT2D eigenvalue weighted by Gasteiger charge is -2.37. The second kappa shape index (κ2) is 6.42. The van der Waals surface area contributed by atoms with Crippen LogP contribution < -0.4 is 0 Å². The number of aryl methyl sites for hydroxylation is 1. The molecule has 1 aromatic carbocycles. The molecule has 2 atom stereocenters. The Morgan fingerprint density at radius 1 is 1.43 bits per heavy atom. The highest BCUT2D eigenvalue weighted by Gasteiger charge is 2.37. The number of piperidine rings is 1. The zero-order valence-corrected chi connectivity index (χ0v) is 13.2. The molecule has 1 fully saturated rings. The number of sulfonamides is 1. The summed E-state index contributed by atoms with van der Waals surface area (Å²) in [4.78, 5) is -0.00213. The predicted octanol–water partition coefficient (Wildman–Crippen LogP) is 2.45. The van der Waals surface area contributed by atoms with Gasteiger partial charge >= 0.3 is 0 Å². The summed E-state index contributed by atoms with van der Waals surface area (Å²) in [6.07, 6.45) is 2.12. The minimum absolute atomic E-state index is 0.00213. The van der Waals surface area contributed by atoms with Crippen LogP contribution >= 0.6 is 0 Å². The van der Waals surface area contributed by atoms with E-state index >= 15 is 0 Å². The molecule has 0 bridgehead atoms. The van der Waals surface area contributed by atoms with Gasteiger partial charge in [-0.05, 0) is 43.9 Å². The van der Waals surface area contributed by atoms with Crippen molar-refractivity contribution in [2.24, 2.45) is 0 Å². The van der Waals surface area contributed by atoms with E-state index in [0.29, 0.717) is 24.9 Å². The van der Waals surface area contributed by atoms with Crippen molar-refractivity contribution in [3.63, 3.8) is 0 Å². The normalized spacial score (nSPS) is 22.2. The van der Waals surface area contributed by atoms with Crippen molar-refractivity contribution < 1.29 is 17.9 Å². The number of benzene rings is 1. The second-order valence-corrected chi connectivity index (χ2v) is 7.42. The summed E-state index contributed by atoms with van der Waals surface area (Å²) < 4.78 is 40.5. The van der Waals surface area contributed by atoms with Gasteiger partial charge in [0.2, 0.25) is 10.0 Å². The number of aliphatic hydroxyl groups is 1. The number of hydrogen-bond donors (Lipinski definition) is 1. The number of nitrogens with zero attached hydrogens (tertiary/aromatic N) is 1. The van der Waals surface area contributed by atoms with Crippen molar-refractivity contribution in [1.82, 2.24) is 4.31 Å². The molecule has 0 radical (unpaired) electrons. The Balaban J connectivity index is 2.43. The maximum atomic E-state index is 13.4. The fraction of sp³-hybridized carbons (Fsp3) is 0.600. The molecule has 4 nitrogen and oxygen atoms in total. The van der Waals surface area contributed by atoms with Crippen molar-refractivity contribution in [2.45, 2.75) is 56.6 Å². The van der Waals surface area contributed by atoms with Crippen molar-refractivity contribution in [3.05, 3.63) is 29.6 Å². The Labute approximate surface area is 125 Å². The molecule has 1 aliphatic rings. The molecule has 118 valence electrons. The lowest BCUT2D eigenvalue weighted by molar-refractivity contribution is 0.0667. The van der Waals surface area contributed by atoms with E-state index in [0.717, 1.165) is 18.9 Å². The molecule has 21 heavy (non-hydrogen) atoms. The van der Waals surface area contributed by atoms with Gasteiger partial charge in [-0.2, -0.15) is 4.31 Å². The van der Waals surface area contributed by atoms with E-state index in [-0.39, 0.29) is 4.90 Å². The first-order valence-electron chi connectivity index (χ1n) is 7.34. The SMILES string of the molecule is CCC(O)C1CCCCN1S(=O)(=O)c1cc(F)ccc1C. The molecule has 1 heterocycles. The van der Waals surface area contributed by atoms with E-state index in [1.165, 1.54) is 16.4 Å². The van der Waals surface area contributed by atoms with Gasteiger partial charge in [-0.15, -0.1) is 0 Å². The van der Waals surface area contributed by atoms with Gasteiger partial charge in [0.05, 0.1) is 17.0 Å². The van der Waals surface area contributed by atoms with Crippen LogP contribution in [-0.4, -0.2) is 36.5 Å². The summed E-state index contributed by atoms with van der Waals surface area (Å²) in [5.41, 5.74) is 0.520. The van der Waals surface area contributed by atoms with Gasteiger partial charge in [-0.3, -0.25) is 0 Å². The molecule has 1 saturated heterocycles. The Morgan fingerprint density at radius 3 is 2.81 bits per heavy atom. The van der Waals surface area contributed by atoms with E-state index in [4.69, 9.17) is 0 Å². The van der Waals surface area contributed by atoms with Gasteiger partial charge in [0, 0.05) is 6.54 Å². The summed E-state index contributed by atoms with van der Waals surface area (Å²) in [7, 11) is -3.79. The first kappa shape index (κ1) is 16.4. The number of rotatable bonds is 4. The summed E-state index contributed by atoms with van der Waals surface area (Å²) in [6.45, 7) is 3.86. The van der Waals surface area contributed by atoms with Crippen LogP contribution in [0.5, 0.6) is 0 Å². The third kappa shape index (κ3) is 3.27. The second-order valence-electron chi connectivity index (χ2n) is 5.56. The molecule has 1 aromatic rings. The first-order valence-corrected chi connectivity index (χ1v) is 8.78. The standard InChI is InChI=1S/C15H22FNO3S/c1-3-14(18)13-6-4-5-9-17(13)21(19,20)15-10-12(16)8-7-11(15)2/h7-8,10,13-14,18H,3-6,9H2,1-2H3. The fourth-order valence-electron chi connectivity index (χ4n) is 2.86. The van der Waals surface area contributed by atoms with Crippen LogP contribution in [0, 0.1) is 12.7 Å². The van der Waals surface area contributed by atoms with Crippen molar-refractivity contribution >= 4 is 10.0 Å². The molecular formula is C15H22FNO3S. The molecule has 1 N–H and O–H groups in total. The Hall–Kier alpha value is -0.980. The van der Waals surface area contributed by atoms with Crippen molar-refractivity contribution in [3.8, 4) is 0 Å². The maximum absolute atomic E-state index is 13.4. The summed E-state index contributed by atoms with van der Waals surface area (Å²) in [5, 5.41) is 10.1. The van der Waals surface area contributed by atoms with Crippen LogP contribution in [0.3, 0.4) is 0 Å². The first-order chi connectivity index (χ1) is 9.87. The molecule has 0 spiro atoms. The quantitative estimate of drug-likeness (QED) is 0.928. The summed E-state index contributed by atoms with van der Waals surface area (Å²) in [6, 6.07) is 3.37. The molecule has 0 aliphatic carbocycles. The third-order valence-electron chi connectivity index (χ3n) is 4.10. The molecule has 0 aromatic heterocycles. The van der Waals surface area contributed by atoms with E-state index in [1.807, 2.05) is 6.92 Å². The van der Waals surface area contributed by atoms with Gasteiger partial charge in [-0.25, -0.2) is 12.8 Å². The molecule has 0 amide bonds. The third-order valence-corrected chi connectivity index (χ3v) is 6.16. The molecule has 6 heteroatoms. The van der Waals surface area contributed by atoms with Gasteiger partial charge in [0.15, 0.2) is 0 Å². The summed E-state index contributed by atoms with van der Waals surface area (Å²) in [5.74, 6) is -0.566. The highest BCUT2D eigenvalue weighted by molar-refractivity contribution is 7.89. The smallest absolute Gasteiger partial charge is 0.243 e. The van der Waals surface area contributed by atoms with Crippen LogP contribution in [0.4, 0.5) is 4.39 Å². The van der Waals surface area contributed by atoms with Crippen LogP contribution in [0.15, 0.2) is 23.1 Å². The van der Waals surface area contributed by atoms with Crippen LogP contribution in [0.2, 0.25) is 0 Å². The Morgan fingerprint density at radius 2 is 2.14 bits per heavy atom. The zero-order valence-electron chi connectivity index (χ0n) is 12.4. The minimum atomic E-state index is -3.79. The monoisotopic (exact) mass is 315 g/mol. The van der Waals surface area contributed by atoms with E-state index in [9.17, 15) is 17.9 Å². The van der Waals surface area contributed by atoms with Gasteiger partial charge in [0.1, 0.15) is 5.82 Å². The zero-order chi connectivity index (χ0) is 15.6. The fourth-order valence-corrected chi connectivity index (χ4v) is 4.82. The Kier molecular flexibility index (Phi) is 5.01. The highest BCUT2D eigenvalue weighted by atomic mass is 32.2. The van der Waals surface area contributed by atoms with Gasteiger partial charge in [-0.1, -0.05) is 19.4 Å². The largest absolute Gasteiger partial charge is 0.391 e. The number of halogens is 1. The molecular weight excluding hydrogens is 293 g/mol. The van der Waals surface area contributed by atoms with Gasteiger partial charge in [0.25, 0.3) is 0 Å². The van der Waals surface area contributed by atoms with Crippen molar-refractivity contribution in [2.75, 3.05) is 6.54 Å². The average Bonchev–Trinajstić information content (AvgIpc) is 2.48. The van der Waals surface area contributed by atoms with Crippen LogP contribution in [0.25, 0.3) is 0 Å². The molecule has 2 rings (SSSR count). The minimum Gasteiger partial charge on any atom is -0.391 e.